The Morgan fingerprint density at radius 1 is 0.634 bits per heavy atom. The summed E-state index contributed by atoms with van der Waals surface area (Å²) in [5, 5.41) is 47.0. The van der Waals surface area contributed by atoms with Gasteiger partial charge in [0, 0.05) is 54.6 Å². The number of benzene rings is 4. The summed E-state index contributed by atoms with van der Waals surface area (Å²) in [5.41, 5.74) is 4.55. The lowest BCUT2D eigenvalue weighted by molar-refractivity contribution is -0.144. The van der Waals surface area contributed by atoms with E-state index in [1.54, 1.807) is 53.9 Å². The van der Waals surface area contributed by atoms with Gasteiger partial charge in [0.15, 0.2) is 18.0 Å². The topological polar surface area (TPSA) is 253 Å². The number of fused-ring (bicyclic) bond motifs is 18. The lowest BCUT2D eigenvalue weighted by Gasteiger charge is -2.27. The van der Waals surface area contributed by atoms with Gasteiger partial charge in [-0.15, -0.1) is 11.3 Å². The Bertz CT molecular complexity index is 2760. The molecule has 7 atom stereocenters. The number of carbonyl (C=O) groups excluding carboxylic acids is 6. The van der Waals surface area contributed by atoms with Crippen LogP contribution in [0.4, 0.5) is 5.69 Å². The van der Waals surface area contributed by atoms with Gasteiger partial charge in [-0.25, -0.2) is 4.79 Å². The third kappa shape index (κ3) is 14.6. The summed E-state index contributed by atoms with van der Waals surface area (Å²) in [5.74, 6) is -7.73. The summed E-state index contributed by atoms with van der Waals surface area (Å²) in [6, 6.07) is 33.7. The molecule has 6 aromatic rings. The number of carbonyl (C=O) groups is 7. The van der Waals surface area contributed by atoms with Crippen molar-refractivity contribution < 1.29 is 48.9 Å². The second-order valence-corrected chi connectivity index (χ2v) is 18.4. The van der Waals surface area contributed by atoms with Crippen LogP contribution in [0.5, 0.6) is 0 Å². The maximum Gasteiger partial charge on any atom is 0.326 e. The fourth-order valence-corrected chi connectivity index (χ4v) is 8.97. The van der Waals surface area contributed by atoms with Crippen LogP contribution in [0.1, 0.15) is 40.0 Å². The molecule has 5 amide bonds. The first kappa shape index (κ1) is 51.0. The van der Waals surface area contributed by atoms with E-state index in [9.17, 15) is 48.9 Å². The van der Waals surface area contributed by atoms with E-state index in [0.29, 0.717) is 28.0 Å². The lowest BCUT2D eigenvalue weighted by atomic mass is 9.89. The van der Waals surface area contributed by atoms with Crippen molar-refractivity contribution in [2.45, 2.75) is 81.3 Å². The predicted molar refractivity (Wildman–Crippen MR) is 266 cm³/mol. The van der Waals surface area contributed by atoms with Crippen LogP contribution < -0.4 is 26.6 Å². The third-order valence-corrected chi connectivity index (χ3v) is 13.1. The number of carboxylic acid groups (broad SMARTS) is 1. The standard InChI is InChI=1S/C54H54N6O10S/c61-46-30-39(49(64)60-45(54(69)70)29-36-11-7-25-55-32-36)27-34-17-22-40(23-18-34)56-52(67)47(62)48(63)53(68)59-44(31-41-14-8-26-71-41)51(66)58-43(50(65)57-42(46)24-19-33-9-3-1-4-10-33)28-35-15-20-38(21-16-35)37-12-5-2-6-13-37/h1-18,20-23,25-26,32,39,42-45,47-48,62-63H,19,24,27-31H2,(H,56,67)(H,57,65)(H,58,66)(H,59,68)(H,60,64)(H,69,70)/t39-,42-,43+,44-,45+,47-,48-/m1/s1. The molecule has 0 radical (unpaired) electrons. The quantitative estimate of drug-likeness (QED) is 0.0769. The van der Waals surface area contributed by atoms with E-state index in [2.05, 4.69) is 31.6 Å². The van der Waals surface area contributed by atoms with Gasteiger partial charge in [-0.1, -0.05) is 109 Å². The van der Waals surface area contributed by atoms with Crippen molar-refractivity contribution in [2.75, 3.05) is 5.32 Å². The zero-order chi connectivity index (χ0) is 50.3. The predicted octanol–water partition coefficient (Wildman–Crippen LogP) is 3.99. The number of Topliss-reactive ketones (excluding diaryl/α,β-unsaturated/α-hetero) is 1. The monoisotopic (exact) mass is 978 g/mol. The number of nitrogens with one attached hydrogen (secondary N) is 5. The number of amides is 5. The molecular weight excluding hydrogens is 925 g/mol. The zero-order valence-corrected chi connectivity index (χ0v) is 39.3. The van der Waals surface area contributed by atoms with Crippen molar-refractivity contribution in [1.82, 2.24) is 26.3 Å². The third-order valence-electron chi connectivity index (χ3n) is 12.2. The number of hydrogen-bond donors (Lipinski definition) is 8. The summed E-state index contributed by atoms with van der Waals surface area (Å²) in [4.78, 5) is 102. The van der Waals surface area contributed by atoms with Crippen LogP contribution in [0, 0.1) is 5.92 Å². The first-order chi connectivity index (χ1) is 34.3. The minimum atomic E-state index is -2.33. The molecule has 2 aromatic heterocycles. The van der Waals surface area contributed by atoms with Crippen LogP contribution in [0.3, 0.4) is 0 Å². The van der Waals surface area contributed by atoms with Gasteiger partial charge in [-0.05, 0) is 82.3 Å². The number of aromatic nitrogens is 1. The van der Waals surface area contributed by atoms with E-state index in [1.165, 1.54) is 35.9 Å². The highest BCUT2D eigenvalue weighted by molar-refractivity contribution is 7.09. The summed E-state index contributed by atoms with van der Waals surface area (Å²) in [6.07, 6.45) is -1.99. The molecular formula is C54H54N6O10S. The fraction of sp³-hybridized carbons (Fsp3) is 0.259. The smallest absolute Gasteiger partial charge is 0.326 e. The molecule has 0 aliphatic carbocycles. The summed E-state index contributed by atoms with van der Waals surface area (Å²) in [7, 11) is 0. The number of ketones is 1. The maximum absolute atomic E-state index is 14.8. The van der Waals surface area contributed by atoms with Crippen LogP contribution in [0.25, 0.3) is 11.1 Å². The first-order valence-electron chi connectivity index (χ1n) is 23.1. The number of carboxylic acids is 1. The van der Waals surface area contributed by atoms with Gasteiger partial charge in [0.05, 0.1) is 6.04 Å². The second kappa shape index (κ2) is 24.6. The number of aliphatic hydroxyl groups excluding tert-OH is 2. The van der Waals surface area contributed by atoms with Crippen LogP contribution in [-0.2, 0) is 65.7 Å². The molecule has 8 N–H and O–H groups in total. The van der Waals surface area contributed by atoms with Crippen molar-refractivity contribution in [3.8, 4) is 11.1 Å². The van der Waals surface area contributed by atoms with E-state index in [1.807, 2.05) is 72.8 Å². The number of thiophene rings is 1. The molecule has 0 saturated carbocycles. The number of pyridine rings is 1. The molecule has 0 spiro atoms. The molecule has 2 aliphatic rings. The van der Waals surface area contributed by atoms with E-state index >= 15 is 0 Å². The van der Waals surface area contributed by atoms with Gasteiger partial charge in [0.1, 0.15) is 18.1 Å². The van der Waals surface area contributed by atoms with Gasteiger partial charge in [-0.2, -0.15) is 0 Å². The highest BCUT2D eigenvalue weighted by Gasteiger charge is 2.36. The van der Waals surface area contributed by atoms with Crippen LogP contribution in [0.15, 0.2) is 151 Å². The SMILES string of the molecule is O=C(N[C@@H](Cc1cccnc1)C(=O)O)[C@H]1CC(=O)[C@@H](CCc2ccccc2)NC(=O)[C@H](Cc2ccc(-c3ccccc3)cc2)NC(=O)[C@@H](Cc2cccs2)NC(=O)[C@H](O)[C@@H](O)C(=O)Nc2ccc(cc2)C1. The number of hydrogen-bond acceptors (Lipinski definition) is 11. The van der Waals surface area contributed by atoms with Crippen LogP contribution in [-0.4, -0.2) is 98.0 Å². The van der Waals surface area contributed by atoms with Gasteiger partial charge in [0.25, 0.3) is 11.8 Å². The van der Waals surface area contributed by atoms with E-state index < -0.39 is 90.0 Å². The molecule has 2 aliphatic heterocycles. The average Bonchev–Trinajstić information content (AvgIpc) is 3.90. The van der Waals surface area contributed by atoms with Gasteiger partial charge in [-0.3, -0.25) is 33.8 Å². The molecule has 71 heavy (non-hydrogen) atoms. The molecule has 0 fully saturated rings. The van der Waals surface area contributed by atoms with Crippen molar-refractivity contribution in [3.05, 3.63) is 178 Å². The summed E-state index contributed by atoms with van der Waals surface area (Å²) >= 11 is 1.29. The maximum atomic E-state index is 14.8. The van der Waals surface area contributed by atoms with Crippen molar-refractivity contribution in [1.29, 1.82) is 0 Å². The van der Waals surface area contributed by atoms with Gasteiger partial charge in [0.2, 0.25) is 17.7 Å². The largest absolute Gasteiger partial charge is 0.480 e. The van der Waals surface area contributed by atoms with Crippen LogP contribution in [0.2, 0.25) is 0 Å². The number of rotatable bonds is 13. The Balaban J connectivity index is 1.25. The van der Waals surface area contributed by atoms with E-state index in [0.717, 1.165) is 16.7 Å². The van der Waals surface area contributed by atoms with Gasteiger partial charge < -0.3 is 41.9 Å². The van der Waals surface area contributed by atoms with Crippen molar-refractivity contribution >= 4 is 58.3 Å². The molecule has 366 valence electrons. The molecule has 4 heterocycles. The minimum Gasteiger partial charge on any atom is -0.480 e. The highest BCUT2D eigenvalue weighted by atomic mass is 32.1. The summed E-state index contributed by atoms with van der Waals surface area (Å²) < 4.78 is 0. The Kier molecular flexibility index (Phi) is 17.7. The Morgan fingerprint density at radius 2 is 1.25 bits per heavy atom. The number of anilines is 1. The van der Waals surface area contributed by atoms with E-state index in [-0.39, 0.29) is 37.8 Å². The Morgan fingerprint density at radius 3 is 1.90 bits per heavy atom. The number of aliphatic carboxylic acids is 1. The molecule has 16 nitrogen and oxygen atoms in total. The zero-order valence-electron chi connectivity index (χ0n) is 38.5. The average molecular weight is 979 g/mol. The lowest BCUT2D eigenvalue weighted by Crippen LogP contribution is -2.58. The highest BCUT2D eigenvalue weighted by Crippen LogP contribution is 2.23. The first-order valence-corrected chi connectivity index (χ1v) is 24.0. The van der Waals surface area contributed by atoms with E-state index in [4.69, 9.17) is 0 Å². The second-order valence-electron chi connectivity index (χ2n) is 17.4. The van der Waals surface area contributed by atoms with Crippen LogP contribution >= 0.6 is 11.3 Å². The molecule has 8 rings (SSSR count). The number of aliphatic hydroxyl groups is 2. The molecule has 2 bridgehead atoms. The molecule has 0 saturated heterocycles. The Labute approximate surface area is 413 Å². The van der Waals surface area contributed by atoms with Gasteiger partial charge >= 0.3 is 5.97 Å². The molecule has 17 heteroatoms. The molecule has 4 aromatic carbocycles. The normalized spacial score (nSPS) is 20.8. The fourth-order valence-electron chi connectivity index (χ4n) is 8.22. The van der Waals surface area contributed by atoms with Crippen molar-refractivity contribution in [2.24, 2.45) is 5.92 Å². The summed E-state index contributed by atoms with van der Waals surface area (Å²) in [6.45, 7) is 0. The Hall–Kier alpha value is -7.86. The molecule has 0 unspecified atom stereocenters. The number of aryl methyl sites for hydroxylation is 1. The minimum absolute atomic E-state index is 0.0816. The van der Waals surface area contributed by atoms with Crippen molar-refractivity contribution in [3.63, 3.8) is 0 Å². The number of nitrogens with zero attached hydrogens (tertiary/aromatic N) is 1.